The first kappa shape index (κ1) is 21.3. The molecule has 0 radical (unpaired) electrons. The Labute approximate surface area is 157 Å². The first-order valence-electron chi connectivity index (χ1n) is 8.47. The summed E-state index contributed by atoms with van der Waals surface area (Å²) in [6, 6.07) is 19.9. The Morgan fingerprint density at radius 2 is 0.960 bits per heavy atom. The van der Waals surface area contributed by atoms with Gasteiger partial charge in [-0.25, -0.2) is 0 Å². The van der Waals surface area contributed by atoms with E-state index in [0.717, 1.165) is 37.7 Å². The third-order valence-electron chi connectivity index (χ3n) is 3.83. The normalized spacial score (nSPS) is 10.6. The average molecular weight is 365 g/mol. The average Bonchev–Trinajstić information content (AvgIpc) is 2.62. The molecule has 0 N–H and O–H groups in total. The van der Waals surface area contributed by atoms with E-state index in [1.54, 1.807) is 0 Å². The van der Waals surface area contributed by atoms with E-state index >= 15 is 0 Å². The van der Waals surface area contributed by atoms with Crippen molar-refractivity contribution < 1.29 is 9.47 Å². The smallest absolute Gasteiger partial charge is 0.119 e. The van der Waals surface area contributed by atoms with Crippen LogP contribution in [0, 0.1) is 0 Å². The molecule has 0 saturated heterocycles. The van der Waals surface area contributed by atoms with Gasteiger partial charge in [0.05, 0.1) is 0 Å². The molecule has 0 heterocycles. The van der Waals surface area contributed by atoms with Crippen LogP contribution in [0.5, 0.6) is 11.5 Å². The van der Waals surface area contributed by atoms with Crippen LogP contribution in [-0.2, 0) is 0 Å². The molecule has 138 valence electrons. The minimum absolute atomic E-state index is 0. The lowest BCUT2D eigenvalue weighted by atomic mass is 10.3. The summed E-state index contributed by atoms with van der Waals surface area (Å²) in [7, 11) is 4.26. The fraction of sp³-hybridized carbons (Fsp3) is 0.400. The topological polar surface area (TPSA) is 24.9 Å². The predicted molar refractivity (Wildman–Crippen MR) is 106 cm³/mol. The van der Waals surface area contributed by atoms with E-state index in [4.69, 9.17) is 9.47 Å². The number of para-hydroxylation sites is 2. The third-order valence-corrected chi connectivity index (χ3v) is 3.83. The van der Waals surface area contributed by atoms with Crippen LogP contribution in [0.25, 0.3) is 0 Å². The van der Waals surface area contributed by atoms with Crippen molar-refractivity contribution in [2.45, 2.75) is 0 Å². The molecule has 25 heavy (non-hydrogen) atoms. The molecule has 2 aromatic carbocycles. The molecule has 0 fully saturated rings. The zero-order chi connectivity index (χ0) is 17.0. The molecule has 0 saturated carbocycles. The fourth-order valence-corrected chi connectivity index (χ4v) is 2.24. The van der Waals surface area contributed by atoms with Gasteiger partial charge in [-0.15, -0.1) is 12.4 Å². The first-order chi connectivity index (χ1) is 11.7. The molecule has 0 aliphatic carbocycles. The van der Waals surface area contributed by atoms with E-state index in [0.29, 0.717) is 13.2 Å². The Kier molecular flexibility index (Phi) is 10.7. The van der Waals surface area contributed by atoms with Gasteiger partial charge in [0.15, 0.2) is 0 Å². The van der Waals surface area contributed by atoms with Crippen molar-refractivity contribution in [3.05, 3.63) is 60.7 Å². The van der Waals surface area contributed by atoms with Crippen LogP contribution in [0.4, 0.5) is 0 Å². The summed E-state index contributed by atoms with van der Waals surface area (Å²) < 4.78 is 11.4. The molecule has 0 bridgehead atoms. The third kappa shape index (κ3) is 9.34. The second-order valence-electron chi connectivity index (χ2n) is 5.93. The van der Waals surface area contributed by atoms with Gasteiger partial charge in [-0.1, -0.05) is 36.4 Å². The Balaban J connectivity index is 0.00000312. The summed E-state index contributed by atoms with van der Waals surface area (Å²) in [5.41, 5.74) is 0. The van der Waals surface area contributed by atoms with E-state index in [1.807, 2.05) is 60.7 Å². The van der Waals surface area contributed by atoms with Gasteiger partial charge >= 0.3 is 0 Å². The maximum absolute atomic E-state index is 5.72. The van der Waals surface area contributed by atoms with Crippen LogP contribution in [0.2, 0.25) is 0 Å². The highest BCUT2D eigenvalue weighted by atomic mass is 35.5. The summed E-state index contributed by atoms with van der Waals surface area (Å²) >= 11 is 0. The number of halogens is 1. The van der Waals surface area contributed by atoms with Crippen LogP contribution in [0.3, 0.4) is 0 Å². The van der Waals surface area contributed by atoms with Crippen molar-refractivity contribution >= 4 is 12.4 Å². The zero-order valence-corrected chi connectivity index (χ0v) is 16.0. The number of rotatable bonds is 11. The zero-order valence-electron chi connectivity index (χ0n) is 15.1. The minimum atomic E-state index is 0. The summed E-state index contributed by atoms with van der Waals surface area (Å²) in [4.78, 5) is 4.58. The number of benzene rings is 2. The number of hydrogen-bond acceptors (Lipinski definition) is 4. The van der Waals surface area contributed by atoms with Crippen molar-refractivity contribution in [1.82, 2.24) is 9.80 Å². The van der Waals surface area contributed by atoms with E-state index in [2.05, 4.69) is 23.9 Å². The summed E-state index contributed by atoms with van der Waals surface area (Å²) in [6.45, 7) is 5.29. The lowest BCUT2D eigenvalue weighted by Gasteiger charge is -2.22. The number of ether oxygens (including phenoxy) is 2. The quantitative estimate of drug-likeness (QED) is 0.610. The Bertz CT molecular complexity index is 503. The van der Waals surface area contributed by atoms with Crippen molar-refractivity contribution in [3.8, 4) is 11.5 Å². The first-order valence-corrected chi connectivity index (χ1v) is 8.47. The highest BCUT2D eigenvalue weighted by molar-refractivity contribution is 5.85. The van der Waals surface area contributed by atoms with Gasteiger partial charge in [0, 0.05) is 26.2 Å². The maximum atomic E-state index is 5.72. The minimum Gasteiger partial charge on any atom is -0.492 e. The second kappa shape index (κ2) is 12.6. The monoisotopic (exact) mass is 364 g/mol. The molecule has 0 spiro atoms. The summed E-state index contributed by atoms with van der Waals surface area (Å²) in [6.07, 6.45) is 0. The van der Waals surface area contributed by atoms with Crippen molar-refractivity contribution in [1.29, 1.82) is 0 Å². The standard InChI is InChI=1S/C20H28N2O2.ClH/c1-21(15-17-23-19-9-5-3-6-10-19)13-14-22(2)16-18-24-20-11-7-4-8-12-20;/h3-12H,13-18H2,1-2H3;1H. The Hall–Kier alpha value is -1.75. The largest absolute Gasteiger partial charge is 0.492 e. The van der Waals surface area contributed by atoms with Crippen LogP contribution in [0.15, 0.2) is 60.7 Å². The van der Waals surface area contributed by atoms with Crippen molar-refractivity contribution in [3.63, 3.8) is 0 Å². The highest BCUT2D eigenvalue weighted by Gasteiger charge is 2.03. The molecule has 0 amide bonds. The van der Waals surface area contributed by atoms with E-state index in [1.165, 1.54) is 0 Å². The lowest BCUT2D eigenvalue weighted by molar-refractivity contribution is 0.195. The molecule has 0 atom stereocenters. The SMILES string of the molecule is CN(CCOc1ccccc1)CCN(C)CCOc1ccccc1.Cl. The number of likely N-dealkylation sites (N-methyl/N-ethyl adjacent to an activating group) is 2. The van der Waals surface area contributed by atoms with Crippen LogP contribution in [-0.4, -0.2) is 63.3 Å². The van der Waals surface area contributed by atoms with Crippen LogP contribution >= 0.6 is 12.4 Å². The molecule has 0 aromatic heterocycles. The molecule has 2 rings (SSSR count). The Morgan fingerprint density at radius 3 is 1.32 bits per heavy atom. The molecule has 0 unspecified atom stereocenters. The van der Waals surface area contributed by atoms with Gasteiger partial charge in [-0.2, -0.15) is 0 Å². The summed E-state index contributed by atoms with van der Waals surface area (Å²) in [5, 5.41) is 0. The molecule has 5 heteroatoms. The van der Waals surface area contributed by atoms with Crippen molar-refractivity contribution in [2.24, 2.45) is 0 Å². The maximum Gasteiger partial charge on any atom is 0.119 e. The number of hydrogen-bond donors (Lipinski definition) is 0. The van der Waals surface area contributed by atoms with Crippen LogP contribution in [0.1, 0.15) is 0 Å². The van der Waals surface area contributed by atoms with Gasteiger partial charge in [0.25, 0.3) is 0 Å². The van der Waals surface area contributed by atoms with Crippen LogP contribution < -0.4 is 9.47 Å². The number of nitrogens with zero attached hydrogens (tertiary/aromatic N) is 2. The predicted octanol–water partition coefficient (Wildman–Crippen LogP) is 3.43. The van der Waals surface area contributed by atoms with Gasteiger partial charge in [0.2, 0.25) is 0 Å². The van der Waals surface area contributed by atoms with Gasteiger partial charge in [-0.3, -0.25) is 0 Å². The van der Waals surface area contributed by atoms with Gasteiger partial charge in [0.1, 0.15) is 24.7 Å². The molecule has 0 aliphatic heterocycles. The molecule has 0 aliphatic rings. The molecular weight excluding hydrogens is 336 g/mol. The van der Waals surface area contributed by atoms with Gasteiger partial charge < -0.3 is 19.3 Å². The Morgan fingerprint density at radius 1 is 0.600 bits per heavy atom. The lowest BCUT2D eigenvalue weighted by Crippen LogP contribution is -2.34. The van der Waals surface area contributed by atoms with E-state index in [-0.39, 0.29) is 12.4 Å². The molecule has 2 aromatic rings. The highest BCUT2D eigenvalue weighted by Crippen LogP contribution is 2.08. The van der Waals surface area contributed by atoms with E-state index < -0.39 is 0 Å². The molecular formula is C20H29ClN2O2. The van der Waals surface area contributed by atoms with Gasteiger partial charge in [-0.05, 0) is 38.4 Å². The summed E-state index contributed by atoms with van der Waals surface area (Å²) in [5.74, 6) is 1.86. The fourth-order valence-electron chi connectivity index (χ4n) is 2.24. The van der Waals surface area contributed by atoms with Crippen molar-refractivity contribution in [2.75, 3.05) is 53.5 Å². The van der Waals surface area contributed by atoms with E-state index in [9.17, 15) is 0 Å². The second-order valence-corrected chi connectivity index (χ2v) is 5.93. The molecule has 4 nitrogen and oxygen atoms in total.